The van der Waals surface area contributed by atoms with Gasteiger partial charge in [0.2, 0.25) is 5.91 Å². The first-order valence-electron chi connectivity index (χ1n) is 7.86. The minimum atomic E-state index is -0.505. The summed E-state index contributed by atoms with van der Waals surface area (Å²) in [6.45, 7) is 2.21. The van der Waals surface area contributed by atoms with Crippen molar-refractivity contribution in [3.63, 3.8) is 0 Å². The van der Waals surface area contributed by atoms with Crippen molar-refractivity contribution in [2.45, 2.75) is 19.8 Å². The van der Waals surface area contributed by atoms with E-state index in [1.54, 1.807) is 30.3 Å². The van der Waals surface area contributed by atoms with E-state index >= 15 is 0 Å². The lowest BCUT2D eigenvalue weighted by Gasteiger charge is -2.09. The van der Waals surface area contributed by atoms with Gasteiger partial charge < -0.3 is 10.1 Å². The topological polar surface area (TPSA) is 72.5 Å². The van der Waals surface area contributed by atoms with E-state index in [2.05, 4.69) is 5.32 Å². The molecule has 0 saturated heterocycles. The van der Waals surface area contributed by atoms with Crippen LogP contribution < -0.4 is 5.32 Å². The SMILES string of the molecule is CCCOC(=O)c1ccc(Cl)c(NC(=O)CC(=O)c2ccccc2)c1. The van der Waals surface area contributed by atoms with E-state index in [0.717, 1.165) is 0 Å². The van der Waals surface area contributed by atoms with Crippen molar-refractivity contribution in [3.8, 4) is 0 Å². The Morgan fingerprint density at radius 2 is 1.76 bits per heavy atom. The van der Waals surface area contributed by atoms with E-state index in [1.807, 2.05) is 6.92 Å². The standard InChI is InChI=1S/C19H18ClNO4/c1-2-10-25-19(24)14-8-9-15(20)16(11-14)21-18(23)12-17(22)13-6-4-3-5-7-13/h3-9,11H,2,10,12H2,1H3,(H,21,23). The maximum atomic E-state index is 12.1. The third kappa shape index (κ3) is 5.43. The van der Waals surface area contributed by atoms with Crippen LogP contribution in [0.5, 0.6) is 0 Å². The molecule has 1 amide bonds. The van der Waals surface area contributed by atoms with Gasteiger partial charge in [-0.05, 0) is 24.6 Å². The van der Waals surface area contributed by atoms with Gasteiger partial charge in [-0.3, -0.25) is 9.59 Å². The Labute approximate surface area is 150 Å². The number of amides is 1. The van der Waals surface area contributed by atoms with E-state index in [4.69, 9.17) is 16.3 Å². The van der Waals surface area contributed by atoms with Crippen LogP contribution in [-0.2, 0) is 9.53 Å². The summed E-state index contributed by atoms with van der Waals surface area (Å²) in [7, 11) is 0. The van der Waals surface area contributed by atoms with Crippen LogP contribution in [0, 0.1) is 0 Å². The molecule has 0 unspecified atom stereocenters. The second-order valence-corrected chi connectivity index (χ2v) is 5.75. The van der Waals surface area contributed by atoms with Crippen LogP contribution in [0.25, 0.3) is 0 Å². The van der Waals surface area contributed by atoms with Gasteiger partial charge in [-0.25, -0.2) is 4.79 Å². The van der Waals surface area contributed by atoms with Gasteiger partial charge in [0.1, 0.15) is 0 Å². The van der Waals surface area contributed by atoms with Crippen LogP contribution in [0.15, 0.2) is 48.5 Å². The molecular weight excluding hydrogens is 342 g/mol. The van der Waals surface area contributed by atoms with Gasteiger partial charge in [0.25, 0.3) is 0 Å². The van der Waals surface area contributed by atoms with Crippen molar-refractivity contribution in [2.24, 2.45) is 0 Å². The number of carbonyl (C=O) groups excluding carboxylic acids is 3. The number of anilines is 1. The molecule has 2 aromatic rings. The molecule has 0 saturated carbocycles. The Kier molecular flexibility index (Phi) is 6.71. The fraction of sp³-hybridized carbons (Fsp3) is 0.211. The molecule has 0 bridgehead atoms. The molecule has 0 fully saturated rings. The molecule has 130 valence electrons. The molecule has 1 N–H and O–H groups in total. The zero-order chi connectivity index (χ0) is 18.2. The first-order valence-corrected chi connectivity index (χ1v) is 8.24. The molecule has 0 heterocycles. The molecule has 2 rings (SSSR count). The second-order valence-electron chi connectivity index (χ2n) is 5.34. The van der Waals surface area contributed by atoms with E-state index in [1.165, 1.54) is 18.2 Å². The number of nitrogens with one attached hydrogen (secondary N) is 1. The average Bonchev–Trinajstić information content (AvgIpc) is 2.62. The van der Waals surface area contributed by atoms with Crippen LogP contribution in [-0.4, -0.2) is 24.3 Å². The monoisotopic (exact) mass is 359 g/mol. The third-order valence-electron chi connectivity index (χ3n) is 3.33. The molecule has 6 heteroatoms. The van der Waals surface area contributed by atoms with Crippen LogP contribution in [0.2, 0.25) is 5.02 Å². The van der Waals surface area contributed by atoms with Gasteiger partial charge in [0, 0.05) is 5.56 Å². The summed E-state index contributed by atoms with van der Waals surface area (Å²) in [5, 5.41) is 2.83. The Hall–Kier alpha value is -2.66. The molecule has 0 atom stereocenters. The van der Waals surface area contributed by atoms with Crippen LogP contribution in [0.3, 0.4) is 0 Å². The van der Waals surface area contributed by atoms with Gasteiger partial charge in [-0.2, -0.15) is 0 Å². The van der Waals surface area contributed by atoms with Crippen molar-refractivity contribution in [3.05, 3.63) is 64.7 Å². The van der Waals surface area contributed by atoms with E-state index in [-0.39, 0.29) is 28.5 Å². The molecule has 5 nitrogen and oxygen atoms in total. The van der Waals surface area contributed by atoms with Crippen LogP contribution >= 0.6 is 11.6 Å². The maximum absolute atomic E-state index is 12.1. The number of esters is 1. The molecule has 0 aliphatic carbocycles. The fourth-order valence-electron chi connectivity index (χ4n) is 2.09. The number of Topliss-reactive ketones (excluding diaryl/α,β-unsaturated/α-hetero) is 1. The van der Waals surface area contributed by atoms with Gasteiger partial charge in [0.15, 0.2) is 5.78 Å². The molecule has 25 heavy (non-hydrogen) atoms. The number of hydrogen-bond acceptors (Lipinski definition) is 4. The highest BCUT2D eigenvalue weighted by Crippen LogP contribution is 2.24. The molecule has 2 aromatic carbocycles. The van der Waals surface area contributed by atoms with Crippen molar-refractivity contribution in [1.82, 2.24) is 0 Å². The average molecular weight is 360 g/mol. The van der Waals surface area contributed by atoms with Gasteiger partial charge >= 0.3 is 5.97 Å². The van der Waals surface area contributed by atoms with Crippen molar-refractivity contribution in [2.75, 3.05) is 11.9 Å². The fourth-order valence-corrected chi connectivity index (χ4v) is 2.26. The Morgan fingerprint density at radius 1 is 1.04 bits per heavy atom. The molecule has 0 aliphatic rings. The minimum Gasteiger partial charge on any atom is -0.462 e. The summed E-state index contributed by atoms with van der Waals surface area (Å²) in [5.41, 5.74) is 1.00. The lowest BCUT2D eigenvalue weighted by Crippen LogP contribution is -2.17. The summed E-state index contributed by atoms with van der Waals surface area (Å²) in [4.78, 5) is 36.0. The first kappa shape index (κ1) is 18.7. The smallest absolute Gasteiger partial charge is 0.338 e. The highest BCUT2D eigenvalue weighted by Gasteiger charge is 2.15. The Bertz CT molecular complexity index is 774. The van der Waals surface area contributed by atoms with Gasteiger partial charge in [0.05, 0.1) is 29.3 Å². The van der Waals surface area contributed by atoms with Gasteiger partial charge in [-0.15, -0.1) is 0 Å². The lowest BCUT2D eigenvalue weighted by molar-refractivity contribution is -0.115. The molecule has 0 spiro atoms. The maximum Gasteiger partial charge on any atom is 0.338 e. The number of hydrogen-bond donors (Lipinski definition) is 1. The quantitative estimate of drug-likeness (QED) is 0.458. The molecule has 0 aliphatic heterocycles. The van der Waals surface area contributed by atoms with Crippen LogP contribution in [0.4, 0.5) is 5.69 Å². The summed E-state index contributed by atoms with van der Waals surface area (Å²) >= 11 is 6.05. The minimum absolute atomic E-state index is 0.262. The zero-order valence-corrected chi connectivity index (χ0v) is 14.5. The molecule has 0 aromatic heterocycles. The summed E-state index contributed by atoms with van der Waals surface area (Å²) < 4.78 is 5.05. The van der Waals surface area contributed by atoms with E-state index < -0.39 is 11.9 Å². The Balaban J connectivity index is 2.04. The highest BCUT2D eigenvalue weighted by atomic mass is 35.5. The summed E-state index contributed by atoms with van der Waals surface area (Å²) in [6, 6.07) is 13.0. The zero-order valence-electron chi connectivity index (χ0n) is 13.8. The third-order valence-corrected chi connectivity index (χ3v) is 3.66. The highest BCUT2D eigenvalue weighted by molar-refractivity contribution is 6.34. The number of halogens is 1. The van der Waals surface area contributed by atoms with Crippen molar-refractivity contribution < 1.29 is 19.1 Å². The number of ketones is 1. The number of ether oxygens (including phenoxy) is 1. The summed E-state index contributed by atoms with van der Waals surface area (Å²) in [5.74, 6) is -1.29. The first-order chi connectivity index (χ1) is 12.0. The Morgan fingerprint density at radius 3 is 2.44 bits per heavy atom. The molecular formula is C19H18ClNO4. The van der Waals surface area contributed by atoms with Crippen molar-refractivity contribution in [1.29, 1.82) is 0 Å². The predicted molar refractivity (Wildman–Crippen MR) is 96.0 cm³/mol. The predicted octanol–water partition coefficient (Wildman–Crippen LogP) is 4.12. The number of rotatable bonds is 7. The van der Waals surface area contributed by atoms with Crippen molar-refractivity contribution >= 4 is 34.9 Å². The largest absolute Gasteiger partial charge is 0.462 e. The normalized spacial score (nSPS) is 10.2. The number of carbonyl (C=O) groups is 3. The van der Waals surface area contributed by atoms with Crippen LogP contribution in [0.1, 0.15) is 40.5 Å². The van der Waals surface area contributed by atoms with E-state index in [0.29, 0.717) is 18.6 Å². The molecule has 0 radical (unpaired) electrons. The van der Waals surface area contributed by atoms with E-state index in [9.17, 15) is 14.4 Å². The lowest BCUT2D eigenvalue weighted by atomic mass is 10.1. The summed E-state index contributed by atoms with van der Waals surface area (Å²) in [6.07, 6.45) is 0.398. The number of benzene rings is 2. The second kappa shape index (κ2) is 8.99. The van der Waals surface area contributed by atoms with Gasteiger partial charge in [-0.1, -0.05) is 48.9 Å².